The van der Waals surface area contributed by atoms with Crippen LogP contribution in [-0.4, -0.2) is 55.3 Å². The molecule has 160 valence electrons. The summed E-state index contributed by atoms with van der Waals surface area (Å²) in [5.41, 5.74) is 1.35. The van der Waals surface area contributed by atoms with E-state index in [9.17, 15) is 4.79 Å². The van der Waals surface area contributed by atoms with Gasteiger partial charge in [0.1, 0.15) is 5.75 Å². The van der Waals surface area contributed by atoms with Crippen molar-refractivity contribution in [1.82, 2.24) is 10.2 Å². The van der Waals surface area contributed by atoms with Crippen LogP contribution in [0.15, 0.2) is 24.3 Å². The molecule has 0 bridgehead atoms. The first-order valence-corrected chi connectivity index (χ1v) is 9.97. The monoisotopic (exact) mass is 432 g/mol. The van der Waals surface area contributed by atoms with E-state index < -0.39 is 5.97 Å². The average molecular weight is 433 g/mol. The average Bonchev–Trinajstić information content (AvgIpc) is 2.68. The number of carbonyl (C=O) groups is 1. The van der Waals surface area contributed by atoms with E-state index in [-0.39, 0.29) is 31.4 Å². The van der Waals surface area contributed by atoms with E-state index in [0.717, 1.165) is 12.0 Å². The van der Waals surface area contributed by atoms with Gasteiger partial charge in [-0.2, -0.15) is 0 Å². The number of benzene rings is 1. The van der Waals surface area contributed by atoms with Crippen LogP contribution in [0.2, 0.25) is 0 Å². The summed E-state index contributed by atoms with van der Waals surface area (Å²) in [6, 6.07) is 8.71. The van der Waals surface area contributed by atoms with E-state index in [1.807, 2.05) is 12.1 Å². The fraction of sp³-hybridized carbons (Fsp3) is 0.667. The predicted octanol–water partition coefficient (Wildman–Crippen LogP) is 3.95. The van der Waals surface area contributed by atoms with Crippen LogP contribution >= 0.6 is 24.8 Å². The molecule has 0 atom stereocenters. The van der Waals surface area contributed by atoms with Gasteiger partial charge in [0, 0.05) is 12.6 Å². The highest BCUT2D eigenvalue weighted by Crippen LogP contribution is 2.35. The summed E-state index contributed by atoms with van der Waals surface area (Å²) in [5.74, 6) is 1.16. The minimum absolute atomic E-state index is 0. The van der Waals surface area contributed by atoms with Crippen molar-refractivity contribution < 1.29 is 14.6 Å². The van der Waals surface area contributed by atoms with Gasteiger partial charge in [-0.15, -0.1) is 24.8 Å². The molecule has 0 aromatic heterocycles. The summed E-state index contributed by atoms with van der Waals surface area (Å²) >= 11 is 0. The van der Waals surface area contributed by atoms with Gasteiger partial charge in [0.05, 0.1) is 0 Å². The third-order valence-corrected chi connectivity index (χ3v) is 6.04. The number of aliphatic carboxylic acids is 1. The Kier molecular flexibility index (Phi) is 11.2. The minimum Gasteiger partial charge on any atom is -0.482 e. The largest absolute Gasteiger partial charge is 0.482 e. The number of halogens is 2. The highest BCUT2D eigenvalue weighted by atomic mass is 35.5. The lowest BCUT2D eigenvalue weighted by atomic mass is 9.81. The van der Waals surface area contributed by atoms with Gasteiger partial charge in [0.25, 0.3) is 0 Å². The van der Waals surface area contributed by atoms with E-state index in [2.05, 4.69) is 29.4 Å². The Labute approximate surface area is 181 Å². The van der Waals surface area contributed by atoms with Gasteiger partial charge in [-0.1, -0.05) is 12.1 Å². The van der Waals surface area contributed by atoms with Crippen LogP contribution in [0.1, 0.15) is 50.0 Å². The summed E-state index contributed by atoms with van der Waals surface area (Å²) in [4.78, 5) is 13.2. The molecule has 0 radical (unpaired) electrons. The molecule has 2 N–H and O–H groups in total. The van der Waals surface area contributed by atoms with Crippen LogP contribution in [0.5, 0.6) is 5.75 Å². The molecule has 0 amide bonds. The Hall–Kier alpha value is -1.01. The second-order valence-electron chi connectivity index (χ2n) is 7.89. The highest BCUT2D eigenvalue weighted by molar-refractivity contribution is 5.85. The van der Waals surface area contributed by atoms with Gasteiger partial charge in [-0.3, -0.25) is 0 Å². The number of hydrogen-bond acceptors (Lipinski definition) is 4. The Morgan fingerprint density at radius 1 is 1.07 bits per heavy atom. The zero-order valence-corrected chi connectivity index (χ0v) is 18.3. The van der Waals surface area contributed by atoms with Crippen molar-refractivity contribution in [2.75, 3.05) is 33.3 Å². The fourth-order valence-corrected chi connectivity index (χ4v) is 4.45. The Morgan fingerprint density at radius 3 is 2.25 bits per heavy atom. The smallest absolute Gasteiger partial charge is 0.341 e. The maximum atomic E-state index is 10.6. The predicted molar refractivity (Wildman–Crippen MR) is 117 cm³/mol. The molecule has 1 aromatic rings. The second-order valence-corrected chi connectivity index (χ2v) is 7.89. The van der Waals surface area contributed by atoms with Crippen molar-refractivity contribution in [3.63, 3.8) is 0 Å². The van der Waals surface area contributed by atoms with Crippen molar-refractivity contribution >= 4 is 30.8 Å². The molecule has 1 heterocycles. The summed E-state index contributed by atoms with van der Waals surface area (Å²) in [7, 11) is 2.31. The second kappa shape index (κ2) is 12.5. The third-order valence-electron chi connectivity index (χ3n) is 6.04. The fourth-order valence-electron chi connectivity index (χ4n) is 4.45. The molecule has 1 aromatic carbocycles. The van der Waals surface area contributed by atoms with Crippen LogP contribution < -0.4 is 10.1 Å². The molecule has 1 saturated carbocycles. The van der Waals surface area contributed by atoms with Gasteiger partial charge in [0.15, 0.2) is 6.61 Å². The minimum atomic E-state index is -0.944. The number of rotatable bonds is 7. The van der Waals surface area contributed by atoms with Gasteiger partial charge in [-0.25, -0.2) is 4.79 Å². The SMILES string of the molecule is CN(CC1CCNCC1)[C@H]1CC[C@H](c2ccc(OCC(=O)O)cc2)CC1.Cl.Cl. The molecule has 5 nitrogen and oxygen atoms in total. The lowest BCUT2D eigenvalue weighted by molar-refractivity contribution is -0.139. The molecular formula is C21H34Cl2N2O3. The first-order valence-electron chi connectivity index (χ1n) is 9.97. The van der Waals surface area contributed by atoms with Gasteiger partial charge < -0.3 is 20.1 Å². The van der Waals surface area contributed by atoms with Crippen LogP contribution in [0.3, 0.4) is 0 Å². The maximum Gasteiger partial charge on any atom is 0.341 e. The Morgan fingerprint density at radius 2 is 1.68 bits per heavy atom. The lowest BCUT2D eigenvalue weighted by Crippen LogP contribution is -2.40. The zero-order valence-electron chi connectivity index (χ0n) is 16.6. The first-order chi connectivity index (χ1) is 12.6. The number of nitrogens with one attached hydrogen (secondary N) is 1. The van der Waals surface area contributed by atoms with Gasteiger partial charge in [-0.05, 0) is 88.2 Å². The number of piperidine rings is 1. The quantitative estimate of drug-likeness (QED) is 0.682. The van der Waals surface area contributed by atoms with Crippen LogP contribution in [-0.2, 0) is 4.79 Å². The lowest BCUT2D eigenvalue weighted by Gasteiger charge is -2.37. The van der Waals surface area contributed by atoms with Gasteiger partial charge in [0.2, 0.25) is 0 Å². The van der Waals surface area contributed by atoms with Crippen molar-refractivity contribution in [3.05, 3.63) is 29.8 Å². The van der Waals surface area contributed by atoms with E-state index in [0.29, 0.717) is 11.7 Å². The van der Waals surface area contributed by atoms with E-state index >= 15 is 0 Å². The van der Waals surface area contributed by atoms with Gasteiger partial charge >= 0.3 is 5.97 Å². The topological polar surface area (TPSA) is 61.8 Å². The molecule has 1 saturated heterocycles. The molecule has 0 unspecified atom stereocenters. The highest BCUT2D eigenvalue weighted by Gasteiger charge is 2.26. The van der Waals surface area contributed by atoms with E-state index in [4.69, 9.17) is 9.84 Å². The molecule has 0 spiro atoms. The molecule has 2 fully saturated rings. The third kappa shape index (κ3) is 7.43. The molecule has 7 heteroatoms. The number of ether oxygens (including phenoxy) is 1. The van der Waals surface area contributed by atoms with E-state index in [1.165, 1.54) is 63.7 Å². The van der Waals surface area contributed by atoms with Crippen LogP contribution in [0, 0.1) is 5.92 Å². The number of hydrogen-bond donors (Lipinski definition) is 2. The number of carboxylic acid groups (broad SMARTS) is 1. The molecule has 3 rings (SSSR count). The van der Waals surface area contributed by atoms with Crippen LogP contribution in [0.25, 0.3) is 0 Å². The van der Waals surface area contributed by atoms with Crippen molar-refractivity contribution in [2.24, 2.45) is 5.92 Å². The zero-order chi connectivity index (χ0) is 18.4. The van der Waals surface area contributed by atoms with Crippen molar-refractivity contribution in [3.8, 4) is 5.75 Å². The molecule has 2 aliphatic rings. The number of nitrogens with zero attached hydrogens (tertiary/aromatic N) is 1. The van der Waals surface area contributed by atoms with Crippen molar-refractivity contribution in [2.45, 2.75) is 50.5 Å². The maximum absolute atomic E-state index is 10.6. The number of carboxylic acids is 1. The normalized spacial score (nSPS) is 22.8. The first kappa shape index (κ1) is 25.0. The summed E-state index contributed by atoms with van der Waals surface area (Å²) in [5, 5.41) is 12.1. The summed E-state index contributed by atoms with van der Waals surface area (Å²) < 4.78 is 5.22. The van der Waals surface area contributed by atoms with Crippen molar-refractivity contribution in [1.29, 1.82) is 0 Å². The summed E-state index contributed by atoms with van der Waals surface area (Å²) in [6.07, 6.45) is 7.63. The molecule has 1 aliphatic heterocycles. The van der Waals surface area contributed by atoms with Crippen LogP contribution in [0.4, 0.5) is 0 Å². The molecule has 28 heavy (non-hydrogen) atoms. The Bertz CT molecular complexity index is 572. The molecular weight excluding hydrogens is 399 g/mol. The standard InChI is InChI=1S/C21H32N2O3.2ClH/c1-23(14-16-10-12-22-13-11-16)19-6-2-17(3-7-19)18-4-8-20(9-5-18)26-15-21(24)25;;/h4-5,8-9,16-17,19,22H,2-3,6-7,10-15H2,1H3,(H,24,25);2*1H/t17-,19-;;. The Balaban J connectivity index is 0.00000196. The molecule has 1 aliphatic carbocycles. The summed E-state index contributed by atoms with van der Waals surface area (Å²) in [6.45, 7) is 3.31. The van der Waals surface area contributed by atoms with E-state index in [1.54, 1.807) is 0 Å².